The molecule has 0 bridgehead atoms. The first-order valence-corrected chi connectivity index (χ1v) is 4.05. The number of benzene rings is 1. The van der Waals surface area contributed by atoms with Crippen molar-refractivity contribution in [2.24, 2.45) is 0 Å². The Kier molecular flexibility index (Phi) is 6.40. The molecule has 2 nitrogen and oxygen atoms in total. The summed E-state index contributed by atoms with van der Waals surface area (Å²) in [7, 11) is 0. The first kappa shape index (κ1) is 12.2. The van der Waals surface area contributed by atoms with Crippen LogP contribution in [0.3, 0.4) is 0 Å². The van der Waals surface area contributed by atoms with E-state index in [0.717, 1.165) is 0 Å². The van der Waals surface area contributed by atoms with E-state index >= 15 is 0 Å². The molecule has 11 heavy (non-hydrogen) atoms. The van der Waals surface area contributed by atoms with E-state index in [0.29, 0.717) is 5.02 Å². The standard InChI is InChI=1S/C6H5ClO2S.Ba.2H/c7-5-3-1-2-4-6(5)10(8)9;;;/h1-4H,(H,8,9);;;. The molecule has 1 aromatic carbocycles. The van der Waals surface area contributed by atoms with E-state index in [1.165, 1.54) is 6.07 Å². The van der Waals surface area contributed by atoms with Crippen LogP contribution in [0.1, 0.15) is 0 Å². The number of rotatable bonds is 1. The SMILES string of the molecule is O=S(O)c1ccccc1Cl.[BaH2]. The molecule has 0 saturated heterocycles. The topological polar surface area (TPSA) is 37.3 Å². The summed E-state index contributed by atoms with van der Waals surface area (Å²) >= 11 is 3.59. The molecule has 0 aromatic heterocycles. The Bertz CT molecular complexity index is 267. The van der Waals surface area contributed by atoms with Crippen LogP contribution in [0, 0.1) is 0 Å². The summed E-state index contributed by atoms with van der Waals surface area (Å²) in [4.78, 5) is 0.254. The van der Waals surface area contributed by atoms with Crippen LogP contribution in [-0.4, -0.2) is 57.6 Å². The van der Waals surface area contributed by atoms with Crippen LogP contribution in [-0.2, 0) is 11.1 Å². The summed E-state index contributed by atoms with van der Waals surface area (Å²) in [6.07, 6.45) is 0. The summed E-state index contributed by atoms with van der Waals surface area (Å²) in [5, 5.41) is 0.323. The molecule has 0 radical (unpaired) electrons. The first-order chi connectivity index (χ1) is 4.72. The Hall–Kier alpha value is 1.19. The van der Waals surface area contributed by atoms with Gasteiger partial charge in [-0.2, -0.15) is 0 Å². The molecule has 0 saturated carbocycles. The Labute approximate surface area is 113 Å². The Morgan fingerprint density at radius 2 is 1.91 bits per heavy atom. The molecule has 1 atom stereocenters. The Morgan fingerprint density at radius 1 is 1.36 bits per heavy atom. The van der Waals surface area contributed by atoms with Crippen molar-refractivity contribution < 1.29 is 8.76 Å². The zero-order chi connectivity index (χ0) is 7.56. The van der Waals surface area contributed by atoms with Crippen molar-refractivity contribution in [3.05, 3.63) is 29.3 Å². The fraction of sp³-hybridized carbons (Fsp3) is 0. The molecule has 0 spiro atoms. The van der Waals surface area contributed by atoms with Crippen molar-refractivity contribution in [2.75, 3.05) is 0 Å². The average molecular weight is 316 g/mol. The van der Waals surface area contributed by atoms with Gasteiger partial charge in [-0.1, -0.05) is 23.7 Å². The van der Waals surface area contributed by atoms with Crippen molar-refractivity contribution in [1.82, 2.24) is 0 Å². The molecule has 0 heterocycles. The van der Waals surface area contributed by atoms with Crippen molar-refractivity contribution in [1.29, 1.82) is 0 Å². The van der Waals surface area contributed by atoms with Gasteiger partial charge in [0.2, 0.25) is 0 Å². The summed E-state index contributed by atoms with van der Waals surface area (Å²) in [5.74, 6) is 0. The van der Waals surface area contributed by atoms with Crippen molar-refractivity contribution >= 4 is 71.6 Å². The van der Waals surface area contributed by atoms with Gasteiger partial charge in [-0.3, -0.25) is 0 Å². The molecule has 0 amide bonds. The molecule has 0 aliphatic heterocycles. The molecule has 0 aliphatic rings. The monoisotopic (exact) mass is 316 g/mol. The molecule has 1 unspecified atom stereocenters. The predicted octanol–water partition coefficient (Wildman–Crippen LogP) is 1.00. The Balaban J connectivity index is 0.000001000. The van der Waals surface area contributed by atoms with E-state index in [4.69, 9.17) is 16.2 Å². The first-order valence-electron chi connectivity index (χ1n) is 2.57. The van der Waals surface area contributed by atoms with Crippen LogP contribution in [0.2, 0.25) is 5.02 Å². The second-order valence-corrected chi connectivity index (χ2v) is 3.02. The summed E-state index contributed by atoms with van der Waals surface area (Å²) in [6.45, 7) is 0. The number of hydrogen-bond donors (Lipinski definition) is 1. The fourth-order valence-corrected chi connectivity index (χ4v) is 1.35. The quantitative estimate of drug-likeness (QED) is 0.620. The van der Waals surface area contributed by atoms with E-state index < -0.39 is 11.1 Å². The molecule has 1 rings (SSSR count). The predicted molar refractivity (Wildman–Crippen MR) is 49.0 cm³/mol. The van der Waals surface area contributed by atoms with Gasteiger partial charge in [-0.25, -0.2) is 4.21 Å². The third kappa shape index (κ3) is 3.61. The molecule has 0 fully saturated rings. The third-order valence-corrected chi connectivity index (χ3v) is 2.20. The minimum atomic E-state index is -1.97. The van der Waals surface area contributed by atoms with Crippen LogP contribution in [0.15, 0.2) is 29.2 Å². The van der Waals surface area contributed by atoms with Gasteiger partial charge in [0.1, 0.15) is 0 Å². The maximum absolute atomic E-state index is 10.4. The van der Waals surface area contributed by atoms with Gasteiger partial charge in [0, 0.05) is 0 Å². The second kappa shape index (κ2) is 5.77. The second-order valence-electron chi connectivity index (χ2n) is 1.68. The van der Waals surface area contributed by atoms with Gasteiger partial charge < -0.3 is 4.55 Å². The Morgan fingerprint density at radius 3 is 2.27 bits per heavy atom. The van der Waals surface area contributed by atoms with Crippen LogP contribution in [0.25, 0.3) is 0 Å². The van der Waals surface area contributed by atoms with E-state index in [-0.39, 0.29) is 53.8 Å². The zero-order valence-electron chi connectivity index (χ0n) is 4.95. The number of hydrogen-bond acceptors (Lipinski definition) is 1. The van der Waals surface area contributed by atoms with Crippen LogP contribution in [0.4, 0.5) is 0 Å². The van der Waals surface area contributed by atoms with E-state index in [2.05, 4.69) is 0 Å². The van der Waals surface area contributed by atoms with Gasteiger partial charge in [-0.05, 0) is 12.1 Å². The minimum absolute atomic E-state index is 0. The zero-order valence-corrected chi connectivity index (χ0v) is 6.52. The van der Waals surface area contributed by atoms with Crippen molar-refractivity contribution in [3.63, 3.8) is 0 Å². The van der Waals surface area contributed by atoms with Crippen LogP contribution in [0.5, 0.6) is 0 Å². The van der Waals surface area contributed by atoms with E-state index in [1.807, 2.05) is 0 Å². The van der Waals surface area contributed by atoms with Gasteiger partial charge in [0.25, 0.3) is 0 Å². The van der Waals surface area contributed by atoms with E-state index in [9.17, 15) is 4.21 Å². The summed E-state index contributed by atoms with van der Waals surface area (Å²) < 4.78 is 19.0. The summed E-state index contributed by atoms with van der Waals surface area (Å²) in [6, 6.07) is 6.46. The fourth-order valence-electron chi connectivity index (χ4n) is 0.586. The normalized spacial score (nSPS) is 11.8. The van der Waals surface area contributed by atoms with Crippen molar-refractivity contribution in [2.45, 2.75) is 4.90 Å². The van der Waals surface area contributed by atoms with Crippen molar-refractivity contribution in [3.8, 4) is 0 Å². The summed E-state index contributed by atoms with van der Waals surface area (Å²) in [5.41, 5.74) is 0. The molecule has 0 aliphatic carbocycles. The molecular weight excluding hydrogens is 309 g/mol. The van der Waals surface area contributed by atoms with Gasteiger partial charge in [-0.15, -0.1) is 0 Å². The van der Waals surface area contributed by atoms with Crippen LogP contribution >= 0.6 is 11.6 Å². The molecule has 5 heteroatoms. The molecular formula is C6H7BaClO2S. The van der Waals surface area contributed by atoms with Gasteiger partial charge in [0.05, 0.1) is 9.92 Å². The average Bonchev–Trinajstić information content (AvgIpc) is 1.88. The maximum atomic E-state index is 10.4. The third-order valence-electron chi connectivity index (χ3n) is 1.02. The van der Waals surface area contributed by atoms with Crippen LogP contribution < -0.4 is 0 Å². The molecule has 58 valence electrons. The molecule has 1 N–H and O–H groups in total. The molecule has 1 aromatic rings. The number of halogens is 1. The van der Waals surface area contributed by atoms with E-state index in [1.54, 1.807) is 18.2 Å². The van der Waals surface area contributed by atoms with Gasteiger partial charge >= 0.3 is 48.9 Å². The van der Waals surface area contributed by atoms with Gasteiger partial charge in [0.15, 0.2) is 11.1 Å².